The van der Waals surface area contributed by atoms with E-state index < -0.39 is 0 Å². The number of anilines is 1. The second-order valence-corrected chi connectivity index (χ2v) is 6.67. The summed E-state index contributed by atoms with van der Waals surface area (Å²) in [7, 11) is 0. The van der Waals surface area contributed by atoms with Gasteiger partial charge in [-0.05, 0) is 43.2 Å². The Kier molecular flexibility index (Phi) is 5.67. The maximum absolute atomic E-state index is 12.0. The molecule has 0 heterocycles. The zero-order valence-electron chi connectivity index (χ0n) is 12.6. The Morgan fingerprint density at radius 1 is 1.33 bits per heavy atom. The van der Waals surface area contributed by atoms with Crippen molar-refractivity contribution in [3.8, 4) is 0 Å². The zero-order chi connectivity index (χ0) is 15.2. The first-order chi connectivity index (χ1) is 10.1. The lowest BCUT2D eigenvalue weighted by atomic mass is 10.1. The SMILES string of the molecule is CCSCCC(=O)Nc1cc(C(=O)NC2CC2)ccc1C. The fourth-order valence-electron chi connectivity index (χ4n) is 1.92. The van der Waals surface area contributed by atoms with E-state index in [4.69, 9.17) is 0 Å². The number of hydrogen-bond acceptors (Lipinski definition) is 3. The highest BCUT2D eigenvalue weighted by Gasteiger charge is 2.24. The third-order valence-electron chi connectivity index (χ3n) is 3.36. The molecule has 21 heavy (non-hydrogen) atoms. The van der Waals surface area contributed by atoms with Gasteiger partial charge in [-0.3, -0.25) is 9.59 Å². The van der Waals surface area contributed by atoms with Gasteiger partial charge in [0.1, 0.15) is 0 Å². The Morgan fingerprint density at radius 2 is 2.10 bits per heavy atom. The maximum atomic E-state index is 12.0. The van der Waals surface area contributed by atoms with E-state index in [0.29, 0.717) is 18.0 Å². The molecule has 1 saturated carbocycles. The molecule has 0 aromatic heterocycles. The highest BCUT2D eigenvalue weighted by atomic mass is 32.2. The number of thioether (sulfide) groups is 1. The number of benzene rings is 1. The van der Waals surface area contributed by atoms with Gasteiger partial charge in [-0.2, -0.15) is 11.8 Å². The zero-order valence-corrected chi connectivity index (χ0v) is 13.4. The Labute approximate surface area is 130 Å². The fourth-order valence-corrected chi connectivity index (χ4v) is 2.53. The smallest absolute Gasteiger partial charge is 0.251 e. The summed E-state index contributed by atoms with van der Waals surface area (Å²) in [4.78, 5) is 23.9. The van der Waals surface area contributed by atoms with E-state index in [9.17, 15) is 9.59 Å². The van der Waals surface area contributed by atoms with Crippen LogP contribution >= 0.6 is 11.8 Å². The summed E-state index contributed by atoms with van der Waals surface area (Å²) < 4.78 is 0. The molecule has 1 aliphatic carbocycles. The van der Waals surface area contributed by atoms with Crippen molar-refractivity contribution >= 4 is 29.3 Å². The molecule has 2 rings (SSSR count). The molecule has 114 valence electrons. The van der Waals surface area contributed by atoms with Gasteiger partial charge in [-0.1, -0.05) is 13.0 Å². The Hall–Kier alpha value is -1.49. The molecule has 1 fully saturated rings. The van der Waals surface area contributed by atoms with Crippen LogP contribution in [0.2, 0.25) is 0 Å². The average molecular weight is 306 g/mol. The Morgan fingerprint density at radius 3 is 2.76 bits per heavy atom. The molecule has 5 heteroatoms. The van der Waals surface area contributed by atoms with Crippen LogP contribution in [0.15, 0.2) is 18.2 Å². The molecule has 0 unspecified atom stereocenters. The van der Waals surface area contributed by atoms with E-state index in [2.05, 4.69) is 17.6 Å². The van der Waals surface area contributed by atoms with E-state index in [1.807, 2.05) is 13.0 Å². The van der Waals surface area contributed by atoms with Gasteiger partial charge in [0.25, 0.3) is 5.91 Å². The summed E-state index contributed by atoms with van der Waals surface area (Å²) in [5, 5.41) is 5.86. The monoisotopic (exact) mass is 306 g/mol. The molecular weight excluding hydrogens is 284 g/mol. The van der Waals surface area contributed by atoms with Crippen LogP contribution in [0.3, 0.4) is 0 Å². The summed E-state index contributed by atoms with van der Waals surface area (Å²) in [6.45, 7) is 4.01. The molecule has 1 aromatic carbocycles. The second kappa shape index (κ2) is 7.50. The maximum Gasteiger partial charge on any atom is 0.251 e. The molecule has 0 atom stereocenters. The second-order valence-electron chi connectivity index (χ2n) is 5.27. The van der Waals surface area contributed by atoms with Crippen molar-refractivity contribution < 1.29 is 9.59 Å². The van der Waals surface area contributed by atoms with Crippen molar-refractivity contribution in [1.82, 2.24) is 5.32 Å². The van der Waals surface area contributed by atoms with Crippen LogP contribution in [0.25, 0.3) is 0 Å². The Bertz CT molecular complexity index is 527. The number of aryl methyl sites for hydroxylation is 1. The third kappa shape index (κ3) is 5.08. The predicted molar refractivity (Wildman–Crippen MR) is 87.9 cm³/mol. The average Bonchev–Trinajstić information content (AvgIpc) is 3.25. The lowest BCUT2D eigenvalue weighted by Gasteiger charge is -2.11. The number of carbonyl (C=O) groups is 2. The van der Waals surface area contributed by atoms with Gasteiger partial charge >= 0.3 is 0 Å². The summed E-state index contributed by atoms with van der Waals surface area (Å²) in [6, 6.07) is 5.77. The topological polar surface area (TPSA) is 58.2 Å². The third-order valence-corrected chi connectivity index (χ3v) is 4.27. The van der Waals surface area contributed by atoms with Crippen molar-refractivity contribution in [2.45, 2.75) is 39.2 Å². The number of nitrogens with one attached hydrogen (secondary N) is 2. The highest BCUT2D eigenvalue weighted by molar-refractivity contribution is 7.99. The first-order valence-corrected chi connectivity index (χ1v) is 8.54. The molecule has 1 aliphatic rings. The van der Waals surface area contributed by atoms with Crippen molar-refractivity contribution in [3.63, 3.8) is 0 Å². The first-order valence-electron chi connectivity index (χ1n) is 7.39. The van der Waals surface area contributed by atoms with E-state index in [1.54, 1.807) is 23.9 Å². The lowest BCUT2D eigenvalue weighted by molar-refractivity contribution is -0.115. The molecule has 2 N–H and O–H groups in total. The lowest BCUT2D eigenvalue weighted by Crippen LogP contribution is -2.25. The summed E-state index contributed by atoms with van der Waals surface area (Å²) >= 11 is 1.75. The van der Waals surface area contributed by atoms with E-state index >= 15 is 0 Å². The van der Waals surface area contributed by atoms with Gasteiger partial charge in [0, 0.05) is 29.5 Å². The van der Waals surface area contributed by atoms with Gasteiger partial charge in [-0.15, -0.1) is 0 Å². The largest absolute Gasteiger partial charge is 0.349 e. The molecule has 0 spiro atoms. The van der Waals surface area contributed by atoms with Gasteiger partial charge in [0.05, 0.1) is 0 Å². The van der Waals surface area contributed by atoms with Crippen LogP contribution in [-0.4, -0.2) is 29.4 Å². The minimum Gasteiger partial charge on any atom is -0.349 e. The van der Waals surface area contributed by atoms with Crippen LogP contribution in [0.5, 0.6) is 0 Å². The van der Waals surface area contributed by atoms with Crippen LogP contribution in [0.4, 0.5) is 5.69 Å². The van der Waals surface area contributed by atoms with Crippen LogP contribution in [-0.2, 0) is 4.79 Å². The number of hydrogen-bond donors (Lipinski definition) is 2. The van der Waals surface area contributed by atoms with Crippen molar-refractivity contribution in [1.29, 1.82) is 0 Å². The molecule has 2 amide bonds. The van der Waals surface area contributed by atoms with Gasteiger partial charge in [-0.25, -0.2) is 0 Å². The highest BCUT2D eigenvalue weighted by Crippen LogP contribution is 2.21. The molecule has 0 saturated heterocycles. The standard InChI is InChI=1S/C16H22N2O2S/c1-3-21-9-8-15(19)18-14-10-12(5-4-11(14)2)16(20)17-13-6-7-13/h4-5,10,13H,3,6-9H2,1-2H3,(H,17,20)(H,18,19). The Balaban J connectivity index is 1.97. The molecule has 4 nitrogen and oxygen atoms in total. The fraction of sp³-hybridized carbons (Fsp3) is 0.500. The molecule has 1 aromatic rings. The van der Waals surface area contributed by atoms with Gasteiger partial charge in [0.2, 0.25) is 5.91 Å². The summed E-state index contributed by atoms with van der Waals surface area (Å²) in [6.07, 6.45) is 2.63. The van der Waals surface area contributed by atoms with E-state index in [-0.39, 0.29) is 11.8 Å². The van der Waals surface area contributed by atoms with Crippen LogP contribution in [0, 0.1) is 6.92 Å². The quantitative estimate of drug-likeness (QED) is 0.761. The van der Waals surface area contributed by atoms with Crippen LogP contribution in [0.1, 0.15) is 42.1 Å². The number of amides is 2. The minimum atomic E-state index is -0.0606. The molecular formula is C16H22N2O2S. The van der Waals surface area contributed by atoms with Crippen molar-refractivity contribution in [3.05, 3.63) is 29.3 Å². The molecule has 0 aliphatic heterocycles. The first kappa shape index (κ1) is 15.9. The minimum absolute atomic E-state index is 0.00111. The molecule has 0 bridgehead atoms. The van der Waals surface area contributed by atoms with Gasteiger partial charge < -0.3 is 10.6 Å². The predicted octanol–water partition coefficient (Wildman–Crippen LogP) is 2.97. The molecule has 0 radical (unpaired) electrons. The number of carbonyl (C=O) groups excluding carboxylic acids is 2. The van der Waals surface area contributed by atoms with Crippen molar-refractivity contribution in [2.75, 3.05) is 16.8 Å². The summed E-state index contributed by atoms with van der Waals surface area (Å²) in [5.74, 6) is 1.78. The summed E-state index contributed by atoms with van der Waals surface area (Å²) in [5.41, 5.74) is 2.30. The van der Waals surface area contributed by atoms with E-state index in [1.165, 1.54) is 0 Å². The van der Waals surface area contributed by atoms with Crippen LogP contribution < -0.4 is 10.6 Å². The number of rotatable bonds is 7. The normalized spacial score (nSPS) is 13.8. The van der Waals surface area contributed by atoms with Crippen molar-refractivity contribution in [2.24, 2.45) is 0 Å². The van der Waals surface area contributed by atoms with E-state index in [0.717, 1.165) is 35.6 Å². The van der Waals surface area contributed by atoms with Gasteiger partial charge in [0.15, 0.2) is 0 Å².